The summed E-state index contributed by atoms with van der Waals surface area (Å²) in [6.45, 7) is 23.3. The molecule has 5 aliphatic heterocycles. The average Bonchev–Trinajstić information content (AvgIpc) is 3.58. The maximum atomic E-state index is 13.7. The van der Waals surface area contributed by atoms with Crippen LogP contribution < -0.4 is 30.8 Å². The number of rotatable bonds is 10. The van der Waals surface area contributed by atoms with Crippen molar-refractivity contribution in [1.29, 1.82) is 0 Å². The topological polar surface area (TPSA) is 213 Å². The van der Waals surface area contributed by atoms with E-state index in [0.29, 0.717) is 89.7 Å². The van der Waals surface area contributed by atoms with Crippen molar-refractivity contribution in [3.8, 4) is 11.4 Å². The standard InChI is InChI=1S/C19H25F2N7O2.C15H22BF2N3O2.C13H20ClN5O2.CH4/c1-11-9-29-5-3-27(11)18-24-17(14-8-23-15(22)7-13(14)16(20)21)25-19(26-18)28-4-6-30-10-12(28)2;1-14(2)15(3,4)23-16(22-14)11-8-19-12(20-9-21(5)6)7-10(11)13(17)18;1-9-7-20-5-3-18(9)12-15-11(14)16-13(17-12)19-4-6-21-8-10(19)2;/h7-8,11-12,16H,3-6,9-10H2,1-2H3,(H2,22,23);7-9,13H,1-6H3;9-10H,3-8H2,1-2H3;1H4/t11-,12?;;9-,10?;/m0.0./s1. The SMILES string of the molecule is C.CC1COCCN1c1nc(-c2cnc(N)cc2C(F)F)nc(N2CCOC[C@@H]2C)n1.CC1COCCN1c1nc(Cl)nc(N2CCOC[C@@H]2C)n1.CN(C)C=Nc1cc(C(F)F)c(B2OC(C)(C)C(C)(C)O2)cn1. The molecule has 2 unspecified atom stereocenters. The molecule has 0 saturated carbocycles. The molecule has 0 spiro atoms. The molecule has 4 aromatic rings. The summed E-state index contributed by atoms with van der Waals surface area (Å²) in [5, 5.41) is 0.229. The molecule has 4 aromatic heterocycles. The van der Waals surface area contributed by atoms with Crippen LogP contribution in [0.3, 0.4) is 0 Å². The van der Waals surface area contributed by atoms with Crippen molar-refractivity contribution in [3.63, 3.8) is 0 Å². The van der Waals surface area contributed by atoms with Gasteiger partial charge >= 0.3 is 7.12 Å². The minimum absolute atomic E-state index is 0. The zero-order chi connectivity index (χ0) is 53.5. The highest BCUT2D eigenvalue weighted by molar-refractivity contribution is 6.62. The maximum Gasteiger partial charge on any atom is 0.496 e. The van der Waals surface area contributed by atoms with Crippen LogP contribution in [0.4, 0.5) is 53.0 Å². The lowest BCUT2D eigenvalue weighted by Gasteiger charge is -2.36. The Kier molecular flexibility index (Phi) is 20.1. The van der Waals surface area contributed by atoms with Crippen LogP contribution >= 0.6 is 11.6 Å². The number of morpholine rings is 4. The Morgan fingerprint density at radius 3 is 1.45 bits per heavy atom. The molecule has 4 atom stereocenters. The molecule has 5 saturated heterocycles. The molecule has 5 fully saturated rings. The lowest BCUT2D eigenvalue weighted by Crippen LogP contribution is -2.46. The lowest BCUT2D eigenvalue weighted by atomic mass is 9.77. The van der Waals surface area contributed by atoms with Gasteiger partial charge in [-0.05, 0) is 79.1 Å². The fraction of sp³-hybridized carbons (Fsp3) is 0.646. The monoisotopic (exact) mass is 1080 g/mol. The predicted octanol–water partition coefficient (Wildman–Crippen LogP) is 6.05. The van der Waals surface area contributed by atoms with E-state index in [-0.39, 0.29) is 76.5 Å². The highest BCUT2D eigenvalue weighted by atomic mass is 35.5. The van der Waals surface area contributed by atoms with Crippen LogP contribution in [-0.2, 0) is 28.3 Å². The second-order valence-electron chi connectivity index (χ2n) is 19.7. The van der Waals surface area contributed by atoms with Crippen LogP contribution in [0.25, 0.3) is 11.4 Å². The molecule has 0 radical (unpaired) electrons. The Morgan fingerprint density at radius 2 is 1.07 bits per heavy atom. The fourth-order valence-corrected chi connectivity index (χ4v) is 8.49. The first-order valence-electron chi connectivity index (χ1n) is 24.6. The van der Waals surface area contributed by atoms with Gasteiger partial charge in [-0.3, -0.25) is 0 Å². The largest absolute Gasteiger partial charge is 0.496 e. The lowest BCUT2D eigenvalue weighted by molar-refractivity contribution is 0.00578. The number of nitrogens with zero attached hydrogens (tertiary/aromatic N) is 14. The molecule has 27 heteroatoms. The van der Waals surface area contributed by atoms with Crippen molar-refractivity contribution < 1.29 is 45.8 Å². The molecule has 9 rings (SSSR count). The molecule has 0 aliphatic carbocycles. The van der Waals surface area contributed by atoms with Crippen LogP contribution in [-0.4, -0.2) is 187 Å². The zero-order valence-electron chi connectivity index (χ0n) is 43.6. The van der Waals surface area contributed by atoms with Gasteiger partial charge in [-0.25, -0.2) is 32.5 Å². The van der Waals surface area contributed by atoms with Crippen molar-refractivity contribution in [1.82, 2.24) is 44.8 Å². The summed E-state index contributed by atoms with van der Waals surface area (Å²) in [5.41, 5.74) is 4.39. The first kappa shape index (κ1) is 58.9. The van der Waals surface area contributed by atoms with E-state index < -0.39 is 31.2 Å². The smallest absolute Gasteiger partial charge is 0.399 e. The van der Waals surface area contributed by atoms with Crippen LogP contribution in [0.5, 0.6) is 0 Å². The van der Waals surface area contributed by atoms with Gasteiger partial charge in [-0.15, -0.1) is 0 Å². The van der Waals surface area contributed by atoms with Gasteiger partial charge in [0.1, 0.15) is 5.82 Å². The number of ether oxygens (including phenoxy) is 4. The van der Waals surface area contributed by atoms with Crippen molar-refractivity contribution in [2.45, 2.75) is 111 Å². The van der Waals surface area contributed by atoms with E-state index in [0.717, 1.165) is 19.2 Å². The third-order valence-corrected chi connectivity index (χ3v) is 13.4. The van der Waals surface area contributed by atoms with Crippen LogP contribution in [0, 0.1) is 0 Å². The molecule has 9 heterocycles. The first-order valence-corrected chi connectivity index (χ1v) is 24.9. The number of pyridine rings is 2. The quantitative estimate of drug-likeness (QED) is 0.0828. The highest BCUT2D eigenvalue weighted by Gasteiger charge is 2.52. The second-order valence-corrected chi connectivity index (χ2v) is 20.0. The molecule has 0 amide bonds. The van der Waals surface area contributed by atoms with Crippen LogP contribution in [0.15, 0.2) is 29.5 Å². The van der Waals surface area contributed by atoms with Crippen molar-refractivity contribution in [2.75, 3.05) is 118 Å². The van der Waals surface area contributed by atoms with Crippen LogP contribution in [0.2, 0.25) is 5.28 Å². The Morgan fingerprint density at radius 1 is 0.653 bits per heavy atom. The summed E-state index contributed by atoms with van der Waals surface area (Å²) in [7, 11) is 2.70. The molecule has 5 aliphatic rings. The summed E-state index contributed by atoms with van der Waals surface area (Å²) >= 11 is 6.11. The van der Waals surface area contributed by atoms with Gasteiger partial charge in [-0.2, -0.15) is 29.9 Å². The molecule has 2 N–H and O–H groups in total. The number of anilines is 5. The number of aliphatic imine (C=N–C) groups is 1. The Hall–Kier alpha value is -5.38. The van der Waals surface area contributed by atoms with Crippen molar-refractivity contribution in [2.24, 2.45) is 4.99 Å². The van der Waals surface area contributed by atoms with E-state index in [1.54, 1.807) is 19.0 Å². The summed E-state index contributed by atoms with van der Waals surface area (Å²) < 4.78 is 87.9. The first-order chi connectivity index (χ1) is 35.1. The zero-order valence-corrected chi connectivity index (χ0v) is 44.3. The number of nitrogens with two attached hydrogens (primary N) is 1. The Bertz CT molecular complexity index is 2450. The van der Waals surface area contributed by atoms with E-state index in [9.17, 15) is 17.6 Å². The summed E-state index contributed by atoms with van der Waals surface area (Å²) in [6, 6.07) is 2.98. The van der Waals surface area contributed by atoms with Gasteiger partial charge in [0.25, 0.3) is 12.9 Å². The normalized spacial score (nSPS) is 22.7. The van der Waals surface area contributed by atoms with E-state index in [1.165, 1.54) is 24.8 Å². The molecular weight excluding hydrogens is 1000 g/mol. The van der Waals surface area contributed by atoms with E-state index in [1.807, 2.05) is 51.3 Å². The molecular formula is C48H71BClF4N15O6. The molecule has 0 aromatic carbocycles. The molecule has 21 nitrogen and oxygen atoms in total. The predicted molar refractivity (Wildman–Crippen MR) is 281 cm³/mol. The van der Waals surface area contributed by atoms with Crippen LogP contribution in [0.1, 0.15) is 86.8 Å². The third-order valence-electron chi connectivity index (χ3n) is 13.2. The van der Waals surface area contributed by atoms with Gasteiger partial charge in [0, 0.05) is 74.8 Å². The minimum Gasteiger partial charge on any atom is -0.399 e. The summed E-state index contributed by atoms with van der Waals surface area (Å²) in [5.74, 6) is 2.50. The second kappa shape index (κ2) is 25.6. The number of alkyl halides is 4. The number of hydrogen-bond donors (Lipinski definition) is 1. The average molecular weight is 1080 g/mol. The molecule has 0 bridgehead atoms. The van der Waals surface area contributed by atoms with Crippen molar-refractivity contribution in [3.05, 3.63) is 40.9 Å². The van der Waals surface area contributed by atoms with Crippen molar-refractivity contribution >= 4 is 65.9 Å². The Balaban J connectivity index is 0.000000185. The van der Waals surface area contributed by atoms with Gasteiger partial charge in [0.2, 0.25) is 29.1 Å². The molecule has 412 valence electrons. The van der Waals surface area contributed by atoms with E-state index in [2.05, 4.69) is 68.5 Å². The highest BCUT2D eigenvalue weighted by Crippen LogP contribution is 2.38. The van der Waals surface area contributed by atoms with Gasteiger partial charge in [-0.1, -0.05) is 7.43 Å². The third kappa shape index (κ3) is 14.6. The number of halogens is 5. The van der Waals surface area contributed by atoms with Gasteiger partial charge in [0.15, 0.2) is 11.6 Å². The van der Waals surface area contributed by atoms with Gasteiger partial charge in [0.05, 0.1) is 94.6 Å². The Labute approximate surface area is 442 Å². The summed E-state index contributed by atoms with van der Waals surface area (Å²) in [4.78, 5) is 49.1. The van der Waals surface area contributed by atoms with E-state index >= 15 is 0 Å². The van der Waals surface area contributed by atoms with E-state index in [4.69, 9.17) is 45.6 Å². The number of nitrogen functional groups attached to an aromatic ring is 1. The molecule has 75 heavy (non-hydrogen) atoms. The minimum atomic E-state index is -2.74. The van der Waals surface area contributed by atoms with Gasteiger partial charge < -0.3 is 58.5 Å². The fourth-order valence-electron chi connectivity index (χ4n) is 8.34. The number of aromatic nitrogens is 8. The number of hydrogen-bond acceptors (Lipinski definition) is 20. The summed E-state index contributed by atoms with van der Waals surface area (Å²) in [6.07, 6.45) is -1.25. The maximum absolute atomic E-state index is 13.7.